The van der Waals surface area contributed by atoms with E-state index in [1.807, 2.05) is 0 Å². The van der Waals surface area contributed by atoms with Gasteiger partial charge in [0.25, 0.3) is 0 Å². The minimum absolute atomic E-state index is 1.13. The molecule has 6 aliphatic heterocycles. The minimum Gasteiger partial charge on any atom is -0.486 e. The third kappa shape index (κ3) is 7.72. The molecule has 0 saturated carbocycles. The van der Waals surface area contributed by atoms with Crippen LogP contribution in [0, 0.1) is 41.5 Å². The third-order valence-corrected chi connectivity index (χ3v) is 16.9. The van der Waals surface area contributed by atoms with Crippen LogP contribution in [0.1, 0.15) is 109 Å². The van der Waals surface area contributed by atoms with E-state index in [-0.39, 0.29) is 0 Å². The summed E-state index contributed by atoms with van der Waals surface area (Å²) in [5, 5.41) is 0. The number of benzene rings is 3. The molecule has 0 unspecified atom stereocenters. The molecular weight excluding hydrogens is 969 g/mol. The van der Waals surface area contributed by atoms with E-state index >= 15 is 0 Å². The summed E-state index contributed by atoms with van der Waals surface area (Å²) in [6.07, 6.45) is 6.64. The van der Waals surface area contributed by atoms with Gasteiger partial charge in [-0.2, -0.15) is 0 Å². The fourth-order valence-corrected chi connectivity index (χ4v) is 14.2. The highest BCUT2D eigenvalue weighted by Crippen LogP contribution is 2.47. The largest absolute Gasteiger partial charge is 0.665 e. The Balaban J connectivity index is 0.000000132. The third-order valence-electron chi connectivity index (χ3n) is 16.9. The van der Waals surface area contributed by atoms with Crippen molar-refractivity contribution in [3.05, 3.63) is 229 Å². The first-order valence-corrected chi connectivity index (χ1v) is 27.0. The maximum Gasteiger partial charge on any atom is 0.665 e. The van der Waals surface area contributed by atoms with Gasteiger partial charge in [-0.05, 0) is 174 Å². The monoisotopic (exact) mass is 1040 g/mol. The molecule has 0 aliphatic carbocycles. The Bertz CT molecular complexity index is 3370. The quantitative estimate of drug-likeness (QED) is 0.134. The number of rotatable bonds is 9. The smallest absolute Gasteiger partial charge is 0.486 e. The number of hydrogen-bond acceptors (Lipinski definition) is 6. The number of allylic oxidation sites excluding steroid dienone is 6. The van der Waals surface area contributed by atoms with Crippen molar-refractivity contribution in [3.8, 4) is 0 Å². The topological polar surface area (TPSA) is 79.2 Å². The van der Waals surface area contributed by atoms with Gasteiger partial charge in [0.1, 0.15) is 17.1 Å². The fraction of sp³-hybridized carbons (Fsp3) is 0.286. The molecule has 0 bridgehead atoms. The zero-order valence-corrected chi connectivity index (χ0v) is 49.0. The van der Waals surface area contributed by atoms with E-state index in [2.05, 4.69) is 237 Å². The Morgan fingerprint density at radius 3 is 0.744 bits per heavy atom. The maximum atomic E-state index is 6.11. The second kappa shape index (κ2) is 20.3. The summed E-state index contributed by atoms with van der Waals surface area (Å²) in [4.78, 5) is 0. The van der Waals surface area contributed by atoms with Crippen LogP contribution in [-0.4, -0.2) is 107 Å². The molecule has 12 rings (SSSR count). The average Bonchev–Trinajstić information content (AvgIpc) is 4.07. The molecule has 3 aromatic carbocycles. The van der Waals surface area contributed by atoms with Crippen molar-refractivity contribution in [2.75, 3.05) is 42.7 Å². The van der Waals surface area contributed by atoms with Gasteiger partial charge in [-0.3, -0.25) is 0 Å². The SMILES string of the molecule is CO[B-]1(OC)n2c(C)cc(C)c2C(c2ccccc2)=C2C(C)=CC(C)=[N+]21.CO[B-]1(OC)n2c(C)cc(C)c2C(c2ccccc2)=C2C(C)=CC(C)=[N+]21.CO[B-]1(OC)n2c(C)cc(C)c2C(c2ccccc2)=C2C(C)=CC(C)=[N+]21. The van der Waals surface area contributed by atoms with Crippen molar-refractivity contribution in [3.63, 3.8) is 0 Å². The fourth-order valence-electron chi connectivity index (χ4n) is 14.2. The van der Waals surface area contributed by atoms with Gasteiger partial charge in [0, 0.05) is 72.8 Å². The number of fused-ring (bicyclic) bond motifs is 6. The van der Waals surface area contributed by atoms with E-state index in [0.717, 1.165) is 34.2 Å². The lowest BCUT2D eigenvalue weighted by Crippen LogP contribution is -2.61. The van der Waals surface area contributed by atoms with Gasteiger partial charge in [0.15, 0.2) is 17.1 Å². The molecule has 0 spiro atoms. The predicted octanol–water partition coefficient (Wildman–Crippen LogP) is 11.7. The first-order valence-electron chi connectivity index (χ1n) is 27.0. The Kier molecular flexibility index (Phi) is 14.1. The Morgan fingerprint density at radius 1 is 0.321 bits per heavy atom. The maximum absolute atomic E-state index is 6.11. The van der Waals surface area contributed by atoms with Gasteiger partial charge in [-0.1, -0.05) is 91.0 Å². The molecule has 9 heterocycles. The summed E-state index contributed by atoms with van der Waals surface area (Å²) >= 11 is 0. The standard InChI is InChI=1S/3C21H25BN2O2/c3*1-14-12-16(3)23-20(14)19(18-10-8-7-9-11-18)21-15(2)13-17(4)24(21)22(23,25-5)26-6/h3*7-13H,1-6H3. The zero-order chi connectivity index (χ0) is 55.9. The van der Waals surface area contributed by atoms with Crippen molar-refractivity contribution in [2.24, 2.45) is 0 Å². The van der Waals surface area contributed by atoms with Gasteiger partial charge < -0.3 is 54.8 Å². The molecule has 15 heteroatoms. The molecule has 0 amide bonds. The van der Waals surface area contributed by atoms with Crippen LogP contribution in [0.5, 0.6) is 0 Å². The molecule has 12 nitrogen and oxygen atoms in total. The lowest BCUT2D eigenvalue weighted by atomic mass is 9.78. The highest BCUT2D eigenvalue weighted by Gasteiger charge is 2.58. The predicted molar refractivity (Wildman–Crippen MR) is 319 cm³/mol. The Hall–Kier alpha value is -7.10. The van der Waals surface area contributed by atoms with Crippen LogP contribution in [0.4, 0.5) is 0 Å². The van der Waals surface area contributed by atoms with Crippen LogP contribution in [-0.2, 0) is 27.9 Å². The lowest BCUT2D eigenvalue weighted by molar-refractivity contribution is -0.383. The van der Waals surface area contributed by atoms with E-state index < -0.39 is 20.5 Å². The molecular formula is C63H75B3N6O6. The lowest BCUT2D eigenvalue weighted by Gasteiger charge is -2.41. The van der Waals surface area contributed by atoms with Crippen LogP contribution in [0.25, 0.3) is 16.7 Å². The molecule has 3 aromatic heterocycles. The number of aryl methyl sites for hydroxylation is 6. The Labute approximate surface area is 461 Å². The van der Waals surface area contributed by atoms with Gasteiger partial charge in [-0.25, -0.2) is 0 Å². The van der Waals surface area contributed by atoms with Crippen molar-refractivity contribution < 1.29 is 41.4 Å². The van der Waals surface area contributed by atoms with Gasteiger partial charge in [0.05, 0.1) is 16.7 Å². The molecule has 0 atom stereocenters. The van der Waals surface area contributed by atoms with E-state index in [9.17, 15) is 0 Å². The van der Waals surface area contributed by atoms with E-state index in [1.165, 1.54) is 101 Å². The van der Waals surface area contributed by atoms with Crippen LogP contribution in [0.2, 0.25) is 0 Å². The second-order valence-corrected chi connectivity index (χ2v) is 21.7. The molecule has 0 radical (unpaired) electrons. The van der Waals surface area contributed by atoms with Crippen molar-refractivity contribution in [2.45, 2.75) is 83.1 Å². The summed E-state index contributed by atoms with van der Waals surface area (Å²) in [7, 11) is 10.4. The highest BCUT2D eigenvalue weighted by molar-refractivity contribution is 6.61. The first kappa shape index (κ1) is 54.3. The normalized spacial score (nSPS) is 18.2. The summed E-state index contributed by atoms with van der Waals surface area (Å²) in [5.74, 6) is 0. The van der Waals surface area contributed by atoms with Crippen LogP contribution < -0.4 is 0 Å². The molecule has 0 fully saturated rings. The highest BCUT2D eigenvalue weighted by atomic mass is 16.6. The van der Waals surface area contributed by atoms with E-state index in [4.69, 9.17) is 27.9 Å². The first-order chi connectivity index (χ1) is 37.4. The molecule has 0 saturated heterocycles. The van der Waals surface area contributed by atoms with Crippen molar-refractivity contribution in [1.29, 1.82) is 0 Å². The van der Waals surface area contributed by atoms with Gasteiger partial charge >= 0.3 is 20.5 Å². The molecule has 6 aromatic rings. The zero-order valence-electron chi connectivity index (χ0n) is 49.0. The summed E-state index contributed by atoms with van der Waals surface area (Å²) in [6, 6.07) is 38.4. The second-order valence-electron chi connectivity index (χ2n) is 21.7. The van der Waals surface area contributed by atoms with Gasteiger partial charge in [-0.15, -0.1) is 0 Å². The number of nitrogens with zero attached hydrogens (tertiary/aromatic N) is 6. The molecule has 6 aliphatic rings. The van der Waals surface area contributed by atoms with Crippen LogP contribution >= 0.6 is 0 Å². The number of aromatic nitrogens is 3. The van der Waals surface area contributed by atoms with Crippen LogP contribution in [0.3, 0.4) is 0 Å². The average molecular weight is 1040 g/mol. The number of hydrogen-bond donors (Lipinski definition) is 0. The molecule has 402 valence electrons. The van der Waals surface area contributed by atoms with Crippen molar-refractivity contribution >= 4 is 54.3 Å². The van der Waals surface area contributed by atoms with Gasteiger partial charge in [0.2, 0.25) is 0 Å². The van der Waals surface area contributed by atoms with E-state index in [1.54, 1.807) is 42.7 Å². The summed E-state index contributed by atoms with van der Waals surface area (Å²) in [6.45, 7) is 20.1. The Morgan fingerprint density at radius 2 is 0.538 bits per heavy atom. The molecule has 0 N–H and O–H groups in total. The molecule has 78 heavy (non-hydrogen) atoms. The minimum atomic E-state index is -1.86. The van der Waals surface area contributed by atoms with E-state index in [0.29, 0.717) is 0 Å². The summed E-state index contributed by atoms with van der Waals surface area (Å²) in [5.41, 5.74) is 28.5. The van der Waals surface area contributed by atoms with Crippen LogP contribution in [0.15, 0.2) is 161 Å². The summed E-state index contributed by atoms with van der Waals surface area (Å²) < 4.78 is 50.0. The van der Waals surface area contributed by atoms with Crippen molar-refractivity contribution in [1.82, 2.24) is 13.4 Å².